The van der Waals surface area contributed by atoms with Gasteiger partial charge in [0, 0.05) is 0 Å². The minimum absolute atomic E-state index is 0.0675. The predicted molar refractivity (Wildman–Crippen MR) is 71.3 cm³/mol. The molecule has 2 aromatic rings. The van der Waals surface area contributed by atoms with Crippen molar-refractivity contribution in [2.75, 3.05) is 6.54 Å². The Labute approximate surface area is 124 Å². The summed E-state index contributed by atoms with van der Waals surface area (Å²) in [5.74, 6) is 0.471. The lowest BCUT2D eigenvalue weighted by Crippen LogP contribution is -2.21. The maximum atomic E-state index is 12.6. The first-order chi connectivity index (χ1) is 9.84. The van der Waals surface area contributed by atoms with E-state index in [-0.39, 0.29) is 11.1 Å². The highest BCUT2D eigenvalue weighted by atomic mass is 35.5. The van der Waals surface area contributed by atoms with Gasteiger partial charge in [0.2, 0.25) is 0 Å². The summed E-state index contributed by atoms with van der Waals surface area (Å²) in [5.41, 5.74) is -0.514. The van der Waals surface area contributed by atoms with Crippen molar-refractivity contribution in [1.29, 1.82) is 0 Å². The third-order valence-corrected chi connectivity index (χ3v) is 3.20. The lowest BCUT2D eigenvalue weighted by atomic mass is 10.2. The highest BCUT2D eigenvalue weighted by Gasteiger charge is 2.31. The van der Waals surface area contributed by atoms with Crippen molar-refractivity contribution in [2.45, 2.75) is 26.1 Å². The van der Waals surface area contributed by atoms with Crippen LogP contribution >= 0.6 is 11.6 Å². The number of benzene rings is 1. The van der Waals surface area contributed by atoms with Gasteiger partial charge in [0.05, 0.1) is 22.3 Å². The van der Waals surface area contributed by atoms with Crippen molar-refractivity contribution in [3.63, 3.8) is 0 Å². The number of aromatic nitrogens is 4. The Morgan fingerprint density at radius 1 is 1.38 bits per heavy atom. The van der Waals surface area contributed by atoms with E-state index >= 15 is 0 Å². The van der Waals surface area contributed by atoms with E-state index in [1.54, 1.807) is 0 Å². The maximum absolute atomic E-state index is 12.6. The van der Waals surface area contributed by atoms with Gasteiger partial charge in [-0.3, -0.25) is 0 Å². The molecule has 0 saturated heterocycles. The molecule has 1 N–H and O–H groups in total. The van der Waals surface area contributed by atoms with Gasteiger partial charge in [-0.25, -0.2) is 0 Å². The first kappa shape index (κ1) is 15.7. The second-order valence-electron chi connectivity index (χ2n) is 4.39. The maximum Gasteiger partial charge on any atom is 0.416 e. The summed E-state index contributed by atoms with van der Waals surface area (Å²) in [7, 11) is 0. The molecule has 0 aliphatic carbocycles. The number of hydrogen-bond acceptors (Lipinski definition) is 4. The monoisotopic (exact) mass is 319 g/mol. The minimum atomic E-state index is -4.44. The Morgan fingerprint density at radius 2 is 2.10 bits per heavy atom. The van der Waals surface area contributed by atoms with E-state index in [1.165, 1.54) is 10.7 Å². The molecular formula is C12H13ClF3N5. The third kappa shape index (κ3) is 3.33. The average Bonchev–Trinajstić information content (AvgIpc) is 2.86. The summed E-state index contributed by atoms with van der Waals surface area (Å²) in [6, 6.07) is 2.90. The molecule has 9 heteroatoms. The second kappa shape index (κ2) is 5.98. The van der Waals surface area contributed by atoms with Crippen LogP contribution in [0.4, 0.5) is 13.2 Å². The quantitative estimate of drug-likeness (QED) is 0.941. The van der Waals surface area contributed by atoms with E-state index in [2.05, 4.69) is 20.8 Å². The first-order valence-corrected chi connectivity index (χ1v) is 6.61. The number of rotatable bonds is 4. The molecule has 0 aliphatic rings. The zero-order valence-electron chi connectivity index (χ0n) is 11.3. The fourth-order valence-corrected chi connectivity index (χ4v) is 2.15. The minimum Gasteiger partial charge on any atom is -0.308 e. The fourth-order valence-electron chi connectivity index (χ4n) is 1.89. The summed E-state index contributed by atoms with van der Waals surface area (Å²) in [4.78, 5) is 0. The molecule has 1 heterocycles. The molecular weight excluding hydrogens is 307 g/mol. The molecule has 0 radical (unpaired) electrons. The first-order valence-electron chi connectivity index (χ1n) is 6.23. The Morgan fingerprint density at radius 3 is 2.67 bits per heavy atom. The molecule has 0 bridgehead atoms. The summed E-state index contributed by atoms with van der Waals surface area (Å²) >= 11 is 5.94. The summed E-state index contributed by atoms with van der Waals surface area (Å²) in [6.45, 7) is 4.48. The van der Waals surface area contributed by atoms with Crippen molar-refractivity contribution < 1.29 is 13.2 Å². The Balaban J connectivity index is 2.42. The highest BCUT2D eigenvalue weighted by molar-refractivity contribution is 6.32. The number of nitrogens with one attached hydrogen (secondary N) is 1. The highest BCUT2D eigenvalue weighted by Crippen LogP contribution is 2.33. The third-order valence-electron chi connectivity index (χ3n) is 2.89. The number of hydrogen-bond donors (Lipinski definition) is 1. The van der Waals surface area contributed by atoms with Crippen molar-refractivity contribution in [3.8, 4) is 5.69 Å². The van der Waals surface area contributed by atoms with Crippen molar-refractivity contribution in [3.05, 3.63) is 34.6 Å². The largest absolute Gasteiger partial charge is 0.416 e. The number of alkyl halides is 3. The molecule has 1 atom stereocenters. The zero-order valence-corrected chi connectivity index (χ0v) is 12.1. The van der Waals surface area contributed by atoms with Gasteiger partial charge in [-0.05, 0) is 42.1 Å². The zero-order chi connectivity index (χ0) is 15.6. The van der Waals surface area contributed by atoms with Crippen LogP contribution in [0.15, 0.2) is 18.2 Å². The SMILES string of the molecule is CCNC(C)c1nnnn1-c1ccc(C(F)(F)F)cc1Cl. The van der Waals surface area contributed by atoms with Crippen LogP contribution in [0, 0.1) is 0 Å². The van der Waals surface area contributed by atoms with Crippen molar-refractivity contribution in [2.24, 2.45) is 0 Å². The van der Waals surface area contributed by atoms with E-state index in [0.29, 0.717) is 18.1 Å². The van der Waals surface area contributed by atoms with Gasteiger partial charge in [-0.1, -0.05) is 18.5 Å². The lowest BCUT2D eigenvalue weighted by molar-refractivity contribution is -0.137. The second-order valence-corrected chi connectivity index (χ2v) is 4.80. The molecule has 1 unspecified atom stereocenters. The molecule has 0 saturated carbocycles. The summed E-state index contributed by atoms with van der Waals surface area (Å²) in [6.07, 6.45) is -4.44. The predicted octanol–water partition coefficient (Wildman–Crippen LogP) is 3.01. The molecule has 0 aliphatic heterocycles. The van der Waals surface area contributed by atoms with Crippen LogP contribution in [0.3, 0.4) is 0 Å². The molecule has 0 spiro atoms. The van der Waals surface area contributed by atoms with Crippen LogP contribution in [-0.2, 0) is 6.18 Å². The van der Waals surface area contributed by atoms with Crippen LogP contribution in [0.5, 0.6) is 0 Å². The van der Waals surface area contributed by atoms with Gasteiger partial charge in [0.25, 0.3) is 0 Å². The van der Waals surface area contributed by atoms with E-state index in [0.717, 1.165) is 12.1 Å². The standard InChI is InChI=1S/C12H13ClF3N5/c1-3-17-7(2)11-18-19-20-21(11)10-5-4-8(6-9(10)13)12(14,15)16/h4-7,17H,3H2,1-2H3. The van der Waals surface area contributed by atoms with Crippen LogP contribution in [0.25, 0.3) is 5.69 Å². The number of nitrogens with zero attached hydrogens (tertiary/aromatic N) is 4. The topological polar surface area (TPSA) is 55.6 Å². The van der Waals surface area contributed by atoms with Gasteiger partial charge < -0.3 is 5.32 Å². The normalized spacial score (nSPS) is 13.4. The van der Waals surface area contributed by atoms with Crippen molar-refractivity contribution in [1.82, 2.24) is 25.5 Å². The lowest BCUT2D eigenvalue weighted by Gasteiger charge is -2.14. The van der Waals surface area contributed by atoms with Crippen LogP contribution in [0.1, 0.15) is 31.3 Å². The van der Waals surface area contributed by atoms with Gasteiger partial charge in [0.15, 0.2) is 5.82 Å². The van der Waals surface area contributed by atoms with Gasteiger partial charge in [-0.15, -0.1) is 5.10 Å². The van der Waals surface area contributed by atoms with E-state index in [1.807, 2.05) is 13.8 Å². The van der Waals surface area contributed by atoms with Gasteiger partial charge in [-0.2, -0.15) is 17.9 Å². The Kier molecular flexibility index (Phi) is 4.48. The van der Waals surface area contributed by atoms with E-state index in [4.69, 9.17) is 11.6 Å². The molecule has 1 aromatic carbocycles. The number of halogens is 4. The van der Waals surface area contributed by atoms with Gasteiger partial charge >= 0.3 is 6.18 Å². The van der Waals surface area contributed by atoms with Gasteiger partial charge in [0.1, 0.15) is 0 Å². The summed E-state index contributed by atoms with van der Waals surface area (Å²) in [5, 5.41) is 14.3. The Hall–Kier alpha value is -1.67. The van der Waals surface area contributed by atoms with Crippen LogP contribution in [-0.4, -0.2) is 26.8 Å². The summed E-state index contributed by atoms with van der Waals surface area (Å²) < 4.78 is 39.2. The molecule has 0 amide bonds. The average molecular weight is 320 g/mol. The van der Waals surface area contributed by atoms with E-state index < -0.39 is 11.7 Å². The number of tetrazole rings is 1. The molecule has 5 nitrogen and oxygen atoms in total. The molecule has 0 fully saturated rings. The molecule has 2 rings (SSSR count). The Bertz CT molecular complexity index is 626. The van der Waals surface area contributed by atoms with Crippen LogP contribution in [0.2, 0.25) is 5.02 Å². The smallest absolute Gasteiger partial charge is 0.308 e. The van der Waals surface area contributed by atoms with E-state index in [9.17, 15) is 13.2 Å². The molecule has 21 heavy (non-hydrogen) atoms. The van der Waals surface area contributed by atoms with Crippen LogP contribution < -0.4 is 5.32 Å². The fraction of sp³-hybridized carbons (Fsp3) is 0.417. The molecule has 1 aromatic heterocycles. The molecule has 114 valence electrons. The van der Waals surface area contributed by atoms with Crippen molar-refractivity contribution >= 4 is 11.6 Å².